The molecule has 0 saturated carbocycles. The van der Waals surface area contributed by atoms with Gasteiger partial charge in [0.2, 0.25) is 0 Å². The summed E-state index contributed by atoms with van der Waals surface area (Å²) in [5.41, 5.74) is 2.70. The van der Waals surface area contributed by atoms with Gasteiger partial charge in [-0.05, 0) is 32.9 Å². The smallest absolute Gasteiger partial charge is 0.166 e. The molecule has 3 heterocycles. The van der Waals surface area contributed by atoms with Crippen LogP contribution in [-0.2, 0) is 6.54 Å². The SMILES string of the molecule is CCN1CCCC1Cn1c(-c2ccccc2)nc2c(NCCO)nc(C)nc21. The minimum Gasteiger partial charge on any atom is -0.395 e. The average molecular weight is 380 g/mol. The number of aromatic nitrogens is 4. The number of hydrogen-bond acceptors (Lipinski definition) is 6. The Kier molecular flexibility index (Phi) is 5.54. The molecule has 0 radical (unpaired) electrons. The fourth-order valence-corrected chi connectivity index (χ4v) is 4.12. The molecule has 0 aliphatic carbocycles. The van der Waals surface area contributed by atoms with Crippen LogP contribution in [-0.4, -0.2) is 61.8 Å². The van der Waals surface area contributed by atoms with E-state index in [-0.39, 0.29) is 6.61 Å². The number of nitrogens with zero attached hydrogens (tertiary/aromatic N) is 5. The van der Waals surface area contributed by atoms with Crippen molar-refractivity contribution >= 4 is 17.0 Å². The van der Waals surface area contributed by atoms with Crippen LogP contribution in [0.2, 0.25) is 0 Å². The third-order valence-corrected chi connectivity index (χ3v) is 5.44. The summed E-state index contributed by atoms with van der Waals surface area (Å²) in [6, 6.07) is 10.8. The average Bonchev–Trinajstić information content (AvgIpc) is 3.32. The van der Waals surface area contributed by atoms with Gasteiger partial charge >= 0.3 is 0 Å². The zero-order chi connectivity index (χ0) is 19.5. The highest BCUT2D eigenvalue weighted by molar-refractivity contribution is 5.86. The second-order valence-electron chi connectivity index (χ2n) is 7.28. The van der Waals surface area contributed by atoms with Crippen LogP contribution in [0.4, 0.5) is 5.82 Å². The molecule has 1 unspecified atom stereocenters. The first-order chi connectivity index (χ1) is 13.7. The van der Waals surface area contributed by atoms with Gasteiger partial charge in [0.25, 0.3) is 0 Å². The molecule has 28 heavy (non-hydrogen) atoms. The molecule has 1 aliphatic heterocycles. The first kappa shape index (κ1) is 18.8. The van der Waals surface area contributed by atoms with Crippen LogP contribution in [0.5, 0.6) is 0 Å². The number of likely N-dealkylation sites (tertiary alicyclic amines) is 1. The fourth-order valence-electron chi connectivity index (χ4n) is 4.12. The van der Waals surface area contributed by atoms with Crippen LogP contribution < -0.4 is 5.32 Å². The highest BCUT2D eigenvalue weighted by Crippen LogP contribution is 2.29. The van der Waals surface area contributed by atoms with E-state index in [1.165, 1.54) is 12.8 Å². The lowest BCUT2D eigenvalue weighted by Gasteiger charge is -2.24. The molecule has 1 atom stereocenters. The molecule has 0 spiro atoms. The maximum Gasteiger partial charge on any atom is 0.166 e. The molecule has 7 heteroatoms. The third-order valence-electron chi connectivity index (χ3n) is 5.44. The molecule has 148 valence electrons. The summed E-state index contributed by atoms with van der Waals surface area (Å²) in [5.74, 6) is 2.31. The Morgan fingerprint density at radius 3 is 2.75 bits per heavy atom. The van der Waals surface area contributed by atoms with E-state index in [0.717, 1.165) is 42.2 Å². The summed E-state index contributed by atoms with van der Waals surface area (Å²) in [4.78, 5) is 16.8. The van der Waals surface area contributed by atoms with Crippen molar-refractivity contribution < 1.29 is 5.11 Å². The van der Waals surface area contributed by atoms with Crippen molar-refractivity contribution in [2.75, 3.05) is 31.6 Å². The molecule has 1 saturated heterocycles. The van der Waals surface area contributed by atoms with E-state index in [9.17, 15) is 5.11 Å². The lowest BCUT2D eigenvalue weighted by molar-refractivity contribution is 0.246. The van der Waals surface area contributed by atoms with Gasteiger partial charge in [-0.3, -0.25) is 4.90 Å². The van der Waals surface area contributed by atoms with Crippen LogP contribution >= 0.6 is 0 Å². The molecule has 0 bridgehead atoms. The lowest BCUT2D eigenvalue weighted by Crippen LogP contribution is -2.33. The summed E-state index contributed by atoms with van der Waals surface area (Å²) in [7, 11) is 0. The minimum atomic E-state index is 0.0460. The summed E-state index contributed by atoms with van der Waals surface area (Å²) in [5, 5.41) is 12.4. The number of likely N-dealkylation sites (N-methyl/N-ethyl adjacent to an activating group) is 1. The maximum absolute atomic E-state index is 9.22. The van der Waals surface area contributed by atoms with E-state index < -0.39 is 0 Å². The standard InChI is InChI=1S/C21H28N6O/c1-3-26-12-7-10-17(26)14-27-20(16-8-5-4-6-9-16)25-18-19(22-11-13-28)23-15(2)24-21(18)27/h4-6,8-9,17,28H,3,7,10-14H2,1-2H3,(H,22,23,24). The Morgan fingerprint density at radius 1 is 1.18 bits per heavy atom. The first-order valence-corrected chi connectivity index (χ1v) is 10.1. The van der Waals surface area contributed by atoms with E-state index in [1.807, 2.05) is 25.1 Å². The van der Waals surface area contributed by atoms with Crippen molar-refractivity contribution in [3.05, 3.63) is 36.2 Å². The van der Waals surface area contributed by atoms with E-state index in [0.29, 0.717) is 24.2 Å². The van der Waals surface area contributed by atoms with Crippen LogP contribution in [0.25, 0.3) is 22.6 Å². The predicted octanol–water partition coefficient (Wildman–Crippen LogP) is 2.69. The summed E-state index contributed by atoms with van der Waals surface area (Å²) < 4.78 is 2.25. The van der Waals surface area contributed by atoms with Crippen molar-refractivity contribution in [2.24, 2.45) is 0 Å². The van der Waals surface area contributed by atoms with E-state index in [1.54, 1.807) is 0 Å². The molecular weight excluding hydrogens is 352 g/mol. The zero-order valence-electron chi connectivity index (χ0n) is 16.6. The van der Waals surface area contributed by atoms with Gasteiger partial charge in [0.05, 0.1) is 6.61 Å². The van der Waals surface area contributed by atoms with Gasteiger partial charge in [-0.2, -0.15) is 0 Å². The van der Waals surface area contributed by atoms with Gasteiger partial charge in [0, 0.05) is 24.7 Å². The second kappa shape index (κ2) is 8.24. The Morgan fingerprint density at radius 2 is 2.00 bits per heavy atom. The summed E-state index contributed by atoms with van der Waals surface area (Å²) >= 11 is 0. The Hall–Kier alpha value is -2.51. The topological polar surface area (TPSA) is 79.1 Å². The van der Waals surface area contributed by atoms with Gasteiger partial charge < -0.3 is 15.0 Å². The van der Waals surface area contributed by atoms with Gasteiger partial charge in [-0.15, -0.1) is 0 Å². The largest absolute Gasteiger partial charge is 0.395 e. The number of nitrogens with one attached hydrogen (secondary N) is 1. The Labute approximate surface area is 165 Å². The van der Waals surface area contributed by atoms with Crippen LogP contribution in [0.3, 0.4) is 0 Å². The molecule has 2 aromatic heterocycles. The molecule has 1 fully saturated rings. The molecule has 1 aromatic carbocycles. The van der Waals surface area contributed by atoms with Crippen molar-refractivity contribution in [3.8, 4) is 11.4 Å². The Bertz CT molecular complexity index is 939. The summed E-state index contributed by atoms with van der Waals surface area (Å²) in [6.45, 7) is 7.70. The highest BCUT2D eigenvalue weighted by Gasteiger charge is 2.26. The molecule has 3 aromatic rings. The van der Waals surface area contributed by atoms with Gasteiger partial charge in [0.15, 0.2) is 17.0 Å². The van der Waals surface area contributed by atoms with Crippen molar-refractivity contribution in [3.63, 3.8) is 0 Å². The van der Waals surface area contributed by atoms with Gasteiger partial charge in [0.1, 0.15) is 11.6 Å². The maximum atomic E-state index is 9.22. The minimum absolute atomic E-state index is 0.0460. The van der Waals surface area contributed by atoms with Crippen LogP contribution in [0.1, 0.15) is 25.6 Å². The number of aliphatic hydroxyl groups excluding tert-OH is 1. The quantitative estimate of drug-likeness (QED) is 0.656. The van der Waals surface area contributed by atoms with Gasteiger partial charge in [-0.1, -0.05) is 37.3 Å². The van der Waals surface area contributed by atoms with Crippen molar-refractivity contribution in [1.82, 2.24) is 24.4 Å². The monoisotopic (exact) mass is 380 g/mol. The predicted molar refractivity (Wildman–Crippen MR) is 111 cm³/mol. The second-order valence-corrected chi connectivity index (χ2v) is 7.28. The van der Waals surface area contributed by atoms with Crippen molar-refractivity contribution in [1.29, 1.82) is 0 Å². The molecular formula is C21H28N6O. The lowest BCUT2D eigenvalue weighted by atomic mass is 10.2. The zero-order valence-corrected chi connectivity index (χ0v) is 16.6. The summed E-state index contributed by atoms with van der Waals surface area (Å²) in [6.07, 6.45) is 2.44. The molecule has 2 N–H and O–H groups in total. The number of rotatable bonds is 7. The Balaban J connectivity index is 1.85. The number of anilines is 1. The number of benzene rings is 1. The number of aliphatic hydroxyl groups is 1. The molecule has 4 rings (SSSR count). The van der Waals surface area contributed by atoms with E-state index in [2.05, 4.69) is 38.8 Å². The fraction of sp³-hybridized carbons (Fsp3) is 0.476. The van der Waals surface area contributed by atoms with Crippen LogP contribution in [0.15, 0.2) is 30.3 Å². The normalized spacial score (nSPS) is 17.5. The van der Waals surface area contributed by atoms with E-state index in [4.69, 9.17) is 9.97 Å². The first-order valence-electron chi connectivity index (χ1n) is 10.1. The van der Waals surface area contributed by atoms with E-state index >= 15 is 0 Å². The number of aryl methyl sites for hydroxylation is 1. The molecule has 0 amide bonds. The molecule has 1 aliphatic rings. The van der Waals surface area contributed by atoms with Crippen LogP contribution in [0, 0.1) is 6.92 Å². The number of imidazole rings is 1. The van der Waals surface area contributed by atoms with Crippen molar-refractivity contribution in [2.45, 2.75) is 39.3 Å². The van der Waals surface area contributed by atoms with Gasteiger partial charge in [-0.25, -0.2) is 15.0 Å². The third kappa shape index (κ3) is 3.59. The molecule has 7 nitrogen and oxygen atoms in total. The number of hydrogen-bond donors (Lipinski definition) is 2. The number of fused-ring (bicyclic) bond motifs is 1. The highest BCUT2D eigenvalue weighted by atomic mass is 16.3.